The molecular formula is C26H30N6O3. The van der Waals surface area contributed by atoms with Crippen LogP contribution < -0.4 is 20.1 Å². The maximum atomic E-state index is 11.8. The lowest BCUT2D eigenvalue weighted by Crippen LogP contribution is -2.23. The number of hydrogen-bond acceptors (Lipinski definition) is 6. The van der Waals surface area contributed by atoms with E-state index in [1.54, 1.807) is 32.9 Å². The van der Waals surface area contributed by atoms with Gasteiger partial charge in [0.15, 0.2) is 0 Å². The van der Waals surface area contributed by atoms with E-state index >= 15 is 0 Å². The third kappa shape index (κ3) is 5.29. The van der Waals surface area contributed by atoms with Crippen molar-refractivity contribution in [2.45, 2.75) is 26.7 Å². The molecular weight excluding hydrogens is 444 g/mol. The van der Waals surface area contributed by atoms with Crippen LogP contribution in [0.5, 0.6) is 11.5 Å². The van der Waals surface area contributed by atoms with E-state index in [-0.39, 0.29) is 5.91 Å². The molecule has 1 fully saturated rings. The molecule has 9 nitrogen and oxygen atoms in total. The predicted octanol–water partition coefficient (Wildman–Crippen LogP) is 4.09. The van der Waals surface area contributed by atoms with Gasteiger partial charge in [-0.1, -0.05) is 0 Å². The monoisotopic (exact) mass is 474 g/mol. The van der Waals surface area contributed by atoms with Gasteiger partial charge in [0, 0.05) is 48.9 Å². The normalized spacial score (nSPS) is 12.9. The van der Waals surface area contributed by atoms with Crippen LogP contribution in [0.15, 0.2) is 61.4 Å². The standard InChI is InChI=1S/C15H17N3O2.C11H13N3O/c1-11-9-17(10-16-11)13-6-5-12(8-14(13)20-2)18-7-3-4-15(18)19;1-8-6-14(7-13-8)10-4-3-9(12)5-11(10)15-2/h5-6,8-10H,3-4,7H2,1-2H3;3-7H,12H2,1-2H3. The number of methoxy groups -OCH3 is 2. The Bertz CT molecular complexity index is 1330. The topological polar surface area (TPSA) is 100 Å². The Labute approximate surface area is 204 Å². The molecule has 5 rings (SSSR count). The van der Waals surface area contributed by atoms with E-state index in [9.17, 15) is 4.79 Å². The van der Waals surface area contributed by atoms with Crippen molar-refractivity contribution < 1.29 is 14.3 Å². The highest BCUT2D eigenvalue weighted by atomic mass is 16.5. The highest BCUT2D eigenvalue weighted by Crippen LogP contribution is 2.31. The second-order valence-corrected chi connectivity index (χ2v) is 8.28. The number of nitrogen functional groups attached to an aromatic ring is 1. The Hall–Kier alpha value is -4.27. The first-order chi connectivity index (χ1) is 16.9. The van der Waals surface area contributed by atoms with Gasteiger partial charge < -0.3 is 29.2 Å². The van der Waals surface area contributed by atoms with E-state index in [0.29, 0.717) is 12.1 Å². The number of hydrogen-bond donors (Lipinski definition) is 1. The number of aromatic nitrogens is 4. The van der Waals surface area contributed by atoms with Crippen LogP contribution in [0.1, 0.15) is 24.2 Å². The third-order valence-electron chi connectivity index (χ3n) is 5.73. The summed E-state index contributed by atoms with van der Waals surface area (Å²) in [6.45, 7) is 4.67. The van der Waals surface area contributed by atoms with Gasteiger partial charge in [-0.05, 0) is 44.5 Å². The van der Waals surface area contributed by atoms with Crippen molar-refractivity contribution in [3.05, 3.63) is 72.8 Å². The van der Waals surface area contributed by atoms with Crippen molar-refractivity contribution >= 4 is 17.3 Å². The Morgan fingerprint density at radius 1 is 0.857 bits per heavy atom. The average molecular weight is 475 g/mol. The van der Waals surface area contributed by atoms with E-state index in [1.807, 2.05) is 70.6 Å². The van der Waals surface area contributed by atoms with Gasteiger partial charge in [-0.2, -0.15) is 0 Å². The number of nitrogens with two attached hydrogens (primary N) is 1. The number of benzene rings is 2. The minimum Gasteiger partial charge on any atom is -0.494 e. The Balaban J connectivity index is 0.000000172. The van der Waals surface area contributed by atoms with Crippen molar-refractivity contribution in [2.24, 2.45) is 0 Å². The summed E-state index contributed by atoms with van der Waals surface area (Å²) in [5, 5.41) is 0. The van der Waals surface area contributed by atoms with Gasteiger partial charge in [-0.3, -0.25) is 4.79 Å². The van der Waals surface area contributed by atoms with Gasteiger partial charge in [0.2, 0.25) is 5.91 Å². The van der Waals surface area contributed by atoms with Crippen LogP contribution in [-0.2, 0) is 4.79 Å². The van der Waals surface area contributed by atoms with Crippen LogP contribution in [-0.4, -0.2) is 45.8 Å². The predicted molar refractivity (Wildman–Crippen MR) is 136 cm³/mol. The van der Waals surface area contributed by atoms with Crippen LogP contribution in [0, 0.1) is 13.8 Å². The van der Waals surface area contributed by atoms with E-state index in [4.69, 9.17) is 15.2 Å². The fourth-order valence-corrected chi connectivity index (χ4v) is 3.98. The number of ether oxygens (including phenoxy) is 2. The summed E-state index contributed by atoms with van der Waals surface area (Å²) >= 11 is 0. The number of amides is 1. The lowest BCUT2D eigenvalue weighted by molar-refractivity contribution is -0.117. The molecule has 182 valence electrons. The summed E-state index contributed by atoms with van der Waals surface area (Å²) in [4.78, 5) is 22.0. The first kappa shape index (κ1) is 23.9. The van der Waals surface area contributed by atoms with Crippen molar-refractivity contribution in [1.82, 2.24) is 19.1 Å². The van der Waals surface area contributed by atoms with Crippen molar-refractivity contribution in [3.63, 3.8) is 0 Å². The van der Waals surface area contributed by atoms with Gasteiger partial charge in [0.25, 0.3) is 0 Å². The molecule has 2 N–H and O–H groups in total. The lowest BCUT2D eigenvalue weighted by atomic mass is 10.2. The molecule has 0 atom stereocenters. The van der Waals surface area contributed by atoms with Crippen LogP contribution in [0.2, 0.25) is 0 Å². The second-order valence-electron chi connectivity index (χ2n) is 8.28. The summed E-state index contributed by atoms with van der Waals surface area (Å²) in [5.74, 6) is 1.66. The Morgan fingerprint density at radius 2 is 1.43 bits per heavy atom. The molecule has 1 aliphatic rings. The zero-order chi connectivity index (χ0) is 24.9. The smallest absolute Gasteiger partial charge is 0.227 e. The summed E-state index contributed by atoms with van der Waals surface area (Å²) in [5.41, 5.74) is 11.0. The maximum Gasteiger partial charge on any atom is 0.227 e. The largest absolute Gasteiger partial charge is 0.494 e. The fourth-order valence-electron chi connectivity index (χ4n) is 3.98. The fraction of sp³-hybridized carbons (Fsp3) is 0.269. The minimum atomic E-state index is 0.179. The lowest BCUT2D eigenvalue weighted by Gasteiger charge is -2.18. The highest BCUT2D eigenvalue weighted by Gasteiger charge is 2.22. The quantitative estimate of drug-likeness (QED) is 0.437. The molecule has 1 saturated heterocycles. The second kappa shape index (κ2) is 10.3. The van der Waals surface area contributed by atoms with Crippen molar-refractivity contribution in [1.29, 1.82) is 0 Å². The summed E-state index contributed by atoms with van der Waals surface area (Å²) < 4.78 is 14.5. The van der Waals surface area contributed by atoms with Crippen molar-refractivity contribution in [2.75, 3.05) is 31.4 Å². The Morgan fingerprint density at radius 3 is 1.91 bits per heavy atom. The van der Waals surface area contributed by atoms with Gasteiger partial charge in [-0.25, -0.2) is 9.97 Å². The highest BCUT2D eigenvalue weighted by molar-refractivity contribution is 5.95. The van der Waals surface area contributed by atoms with Crippen LogP contribution in [0.4, 0.5) is 11.4 Å². The molecule has 0 saturated carbocycles. The summed E-state index contributed by atoms with van der Waals surface area (Å²) in [6.07, 6.45) is 8.94. The molecule has 2 aromatic heterocycles. The number of rotatable bonds is 5. The minimum absolute atomic E-state index is 0.179. The van der Waals surface area contributed by atoms with E-state index in [1.165, 1.54) is 0 Å². The average Bonchev–Trinajstić information content (AvgIpc) is 3.60. The molecule has 0 spiro atoms. The van der Waals surface area contributed by atoms with Gasteiger partial charge in [-0.15, -0.1) is 0 Å². The van der Waals surface area contributed by atoms with Crippen molar-refractivity contribution in [3.8, 4) is 22.9 Å². The molecule has 0 radical (unpaired) electrons. The molecule has 9 heteroatoms. The van der Waals surface area contributed by atoms with E-state index in [2.05, 4.69) is 9.97 Å². The first-order valence-electron chi connectivity index (χ1n) is 11.3. The molecule has 4 aromatic rings. The summed E-state index contributed by atoms with van der Waals surface area (Å²) in [7, 11) is 3.26. The van der Waals surface area contributed by atoms with Gasteiger partial charge in [0.1, 0.15) is 11.5 Å². The molecule has 3 heterocycles. The third-order valence-corrected chi connectivity index (χ3v) is 5.73. The van der Waals surface area contributed by atoms with Crippen LogP contribution in [0.3, 0.4) is 0 Å². The van der Waals surface area contributed by atoms with E-state index < -0.39 is 0 Å². The molecule has 35 heavy (non-hydrogen) atoms. The molecule has 0 bridgehead atoms. The zero-order valence-corrected chi connectivity index (χ0v) is 20.4. The number of imidazole rings is 2. The molecule has 2 aromatic carbocycles. The first-order valence-corrected chi connectivity index (χ1v) is 11.3. The van der Waals surface area contributed by atoms with E-state index in [0.717, 1.165) is 52.9 Å². The number of carbonyl (C=O) groups is 1. The number of aryl methyl sites for hydroxylation is 2. The van der Waals surface area contributed by atoms with Gasteiger partial charge in [0.05, 0.1) is 49.6 Å². The SMILES string of the molecule is COc1cc(N)ccc1-n1cnc(C)c1.COc1cc(N2CCCC2=O)ccc1-n1cnc(C)c1. The van der Waals surface area contributed by atoms with Crippen LogP contribution >= 0.6 is 0 Å². The number of anilines is 2. The maximum absolute atomic E-state index is 11.8. The zero-order valence-electron chi connectivity index (χ0n) is 20.4. The molecule has 0 unspecified atom stereocenters. The number of carbonyl (C=O) groups excluding carboxylic acids is 1. The van der Waals surface area contributed by atoms with Gasteiger partial charge >= 0.3 is 0 Å². The molecule has 0 aliphatic carbocycles. The molecule has 1 amide bonds. The Kier molecular flexibility index (Phi) is 7.05. The molecule has 1 aliphatic heterocycles. The van der Waals surface area contributed by atoms with Crippen LogP contribution in [0.25, 0.3) is 11.4 Å². The number of nitrogens with zero attached hydrogens (tertiary/aromatic N) is 5. The summed E-state index contributed by atoms with van der Waals surface area (Å²) in [6, 6.07) is 11.4.